The van der Waals surface area contributed by atoms with Gasteiger partial charge in [-0.25, -0.2) is 9.97 Å². The molecule has 1 aliphatic rings. The Labute approximate surface area is 197 Å². The van der Waals surface area contributed by atoms with Gasteiger partial charge in [0.1, 0.15) is 0 Å². The third kappa shape index (κ3) is 7.11. The molecule has 2 heterocycles. The van der Waals surface area contributed by atoms with Crippen molar-refractivity contribution in [3.8, 4) is 0 Å². The second kappa shape index (κ2) is 12.1. The van der Waals surface area contributed by atoms with E-state index in [4.69, 9.17) is 4.99 Å². The minimum absolute atomic E-state index is 0.0935. The van der Waals surface area contributed by atoms with E-state index in [0.717, 1.165) is 48.8 Å². The van der Waals surface area contributed by atoms with Crippen LogP contribution in [0.5, 0.6) is 0 Å². The lowest BCUT2D eigenvalue weighted by molar-refractivity contribution is -0.114. The van der Waals surface area contributed by atoms with E-state index in [1.807, 2.05) is 30.3 Å². The number of carbonyl (C=O) groups excluding carboxylic acids is 1. The Balaban J connectivity index is 1.81. The maximum absolute atomic E-state index is 11.4. The summed E-state index contributed by atoms with van der Waals surface area (Å²) < 4.78 is 0. The number of nitrogens with zero attached hydrogens (tertiary/aromatic N) is 4. The normalized spacial score (nSPS) is 14.0. The van der Waals surface area contributed by atoms with Gasteiger partial charge in [-0.3, -0.25) is 9.79 Å². The lowest BCUT2D eigenvalue weighted by Gasteiger charge is -2.16. The van der Waals surface area contributed by atoms with Gasteiger partial charge in [0, 0.05) is 49.4 Å². The lowest BCUT2D eigenvalue weighted by atomic mass is 10.00. The molecule has 0 atom stereocenters. The third-order valence-corrected chi connectivity index (χ3v) is 5.78. The average molecular weight is 446 g/mol. The first kappa shape index (κ1) is 24.4. The highest BCUT2D eigenvalue weighted by Gasteiger charge is 2.24. The van der Waals surface area contributed by atoms with Crippen LogP contribution in [0.2, 0.25) is 0 Å². The minimum Gasteiger partial charge on any atom is -0.332 e. The molecule has 0 radical (unpaired) electrons. The monoisotopic (exact) mass is 445 g/mol. The van der Waals surface area contributed by atoms with Crippen LogP contribution in [0.15, 0.2) is 65.4 Å². The fourth-order valence-electron chi connectivity index (χ4n) is 4.07. The molecular formula is C27H35N5O. The number of hydrogen-bond donors (Lipinski definition) is 1. The summed E-state index contributed by atoms with van der Waals surface area (Å²) in [5, 5.41) is 2.83. The molecule has 2 aromatic rings. The summed E-state index contributed by atoms with van der Waals surface area (Å²) in [6, 6.07) is 9.53. The molecule has 6 nitrogen and oxygen atoms in total. The molecule has 0 saturated carbocycles. The van der Waals surface area contributed by atoms with E-state index in [-0.39, 0.29) is 5.91 Å². The van der Waals surface area contributed by atoms with E-state index < -0.39 is 0 Å². The summed E-state index contributed by atoms with van der Waals surface area (Å²) in [5.74, 6) is 0.653. The van der Waals surface area contributed by atoms with Crippen LogP contribution in [0.3, 0.4) is 0 Å². The second-order valence-electron chi connectivity index (χ2n) is 8.60. The van der Waals surface area contributed by atoms with Crippen molar-refractivity contribution in [3.05, 3.63) is 66.0 Å². The van der Waals surface area contributed by atoms with Crippen LogP contribution < -0.4 is 10.2 Å². The highest BCUT2D eigenvalue weighted by Crippen LogP contribution is 2.27. The first-order valence-electron chi connectivity index (χ1n) is 11.8. The second-order valence-corrected chi connectivity index (χ2v) is 8.60. The summed E-state index contributed by atoms with van der Waals surface area (Å²) in [4.78, 5) is 27.5. The highest BCUT2D eigenvalue weighted by atomic mass is 16.1. The standard InChI is InChI=1S/C27H35N5O/c1-5-6-7-8-9-14-26(25-19-32(18-20(25)2)27-28-15-11-16-29-27)30-21(3)23-12-10-13-24(17-23)31-22(4)33/h10-13,15-17H,3,5-9,14,18-19H2,1-2,4H3,(H,31,33). The van der Waals surface area contributed by atoms with Gasteiger partial charge in [0.15, 0.2) is 0 Å². The minimum atomic E-state index is -0.0935. The largest absolute Gasteiger partial charge is 0.332 e. The molecule has 0 unspecified atom stereocenters. The molecule has 0 fully saturated rings. The summed E-state index contributed by atoms with van der Waals surface area (Å²) in [5.41, 5.74) is 6.02. The molecule has 0 aliphatic carbocycles. The summed E-state index contributed by atoms with van der Waals surface area (Å²) in [6.45, 7) is 11.7. The maximum atomic E-state index is 11.4. The van der Waals surface area contributed by atoms with Crippen molar-refractivity contribution in [1.82, 2.24) is 9.97 Å². The van der Waals surface area contributed by atoms with Crippen LogP contribution in [-0.4, -0.2) is 34.7 Å². The third-order valence-electron chi connectivity index (χ3n) is 5.78. The number of carbonyl (C=O) groups is 1. The number of rotatable bonds is 11. The van der Waals surface area contributed by atoms with E-state index in [1.54, 1.807) is 12.4 Å². The van der Waals surface area contributed by atoms with Crippen LogP contribution >= 0.6 is 0 Å². The molecule has 1 N–H and O–H groups in total. The molecule has 0 saturated heterocycles. The van der Waals surface area contributed by atoms with Crippen LogP contribution in [0.25, 0.3) is 5.70 Å². The Bertz CT molecular complexity index is 1030. The van der Waals surface area contributed by atoms with E-state index in [9.17, 15) is 4.79 Å². The molecule has 3 rings (SSSR count). The van der Waals surface area contributed by atoms with E-state index >= 15 is 0 Å². The zero-order valence-corrected chi connectivity index (χ0v) is 20.1. The fourth-order valence-corrected chi connectivity index (χ4v) is 4.07. The average Bonchev–Trinajstić information content (AvgIpc) is 3.20. The molecule has 1 aromatic heterocycles. The molecule has 174 valence electrons. The van der Waals surface area contributed by atoms with Gasteiger partial charge < -0.3 is 10.2 Å². The van der Waals surface area contributed by atoms with Crippen molar-refractivity contribution >= 4 is 29.0 Å². The Kier molecular flexibility index (Phi) is 8.93. The maximum Gasteiger partial charge on any atom is 0.225 e. The van der Waals surface area contributed by atoms with Crippen LogP contribution in [0.4, 0.5) is 11.6 Å². The summed E-state index contributed by atoms with van der Waals surface area (Å²) in [7, 11) is 0. The Morgan fingerprint density at radius 2 is 1.88 bits per heavy atom. The van der Waals surface area contributed by atoms with Crippen molar-refractivity contribution in [2.24, 2.45) is 4.99 Å². The van der Waals surface area contributed by atoms with E-state index in [1.165, 1.54) is 43.8 Å². The van der Waals surface area contributed by atoms with Crippen LogP contribution in [0, 0.1) is 0 Å². The fraction of sp³-hybridized carbons (Fsp3) is 0.407. The lowest BCUT2D eigenvalue weighted by Crippen LogP contribution is -2.23. The first-order valence-corrected chi connectivity index (χ1v) is 11.8. The van der Waals surface area contributed by atoms with Gasteiger partial charge in [-0.05, 0) is 49.1 Å². The number of unbranched alkanes of at least 4 members (excludes halogenated alkanes) is 4. The van der Waals surface area contributed by atoms with Crippen molar-refractivity contribution in [3.63, 3.8) is 0 Å². The molecule has 0 bridgehead atoms. The van der Waals surface area contributed by atoms with E-state index in [2.05, 4.69) is 40.6 Å². The van der Waals surface area contributed by atoms with E-state index in [0.29, 0.717) is 5.70 Å². The highest BCUT2D eigenvalue weighted by molar-refractivity contribution is 6.05. The molecular weight excluding hydrogens is 410 g/mol. The molecule has 6 heteroatoms. The molecule has 1 aliphatic heterocycles. The number of aromatic nitrogens is 2. The number of benzene rings is 1. The van der Waals surface area contributed by atoms with Gasteiger partial charge >= 0.3 is 0 Å². The zero-order valence-electron chi connectivity index (χ0n) is 20.1. The number of amides is 1. The predicted octanol–water partition coefficient (Wildman–Crippen LogP) is 6.04. The summed E-state index contributed by atoms with van der Waals surface area (Å²) >= 11 is 0. The van der Waals surface area contributed by atoms with Crippen LogP contribution in [-0.2, 0) is 4.79 Å². The first-order chi connectivity index (χ1) is 16.0. The van der Waals surface area contributed by atoms with Gasteiger partial charge in [-0.2, -0.15) is 0 Å². The molecule has 0 spiro atoms. The van der Waals surface area contributed by atoms with Crippen molar-refractivity contribution < 1.29 is 4.79 Å². The number of nitrogens with one attached hydrogen (secondary N) is 1. The van der Waals surface area contributed by atoms with Gasteiger partial charge in [0.05, 0.1) is 5.70 Å². The predicted molar refractivity (Wildman–Crippen MR) is 138 cm³/mol. The van der Waals surface area contributed by atoms with Crippen molar-refractivity contribution in [2.75, 3.05) is 23.3 Å². The zero-order chi connectivity index (χ0) is 23.6. The number of hydrogen-bond acceptors (Lipinski definition) is 5. The summed E-state index contributed by atoms with van der Waals surface area (Å²) in [6.07, 6.45) is 10.6. The SMILES string of the molecule is C=C(N=C(CCCCCCC)C1=C(C)CN(c2ncccn2)C1)c1cccc(NC(C)=O)c1. The number of anilines is 2. The van der Waals surface area contributed by atoms with Gasteiger partial charge in [-0.15, -0.1) is 0 Å². The molecule has 1 aromatic carbocycles. The quantitative estimate of drug-likeness (QED) is 0.338. The van der Waals surface area contributed by atoms with Gasteiger partial charge in [-0.1, -0.05) is 51.3 Å². The Morgan fingerprint density at radius 1 is 1.12 bits per heavy atom. The van der Waals surface area contributed by atoms with Crippen molar-refractivity contribution in [1.29, 1.82) is 0 Å². The molecule has 1 amide bonds. The smallest absolute Gasteiger partial charge is 0.225 e. The Hall–Kier alpha value is -3.28. The molecule has 33 heavy (non-hydrogen) atoms. The van der Waals surface area contributed by atoms with Gasteiger partial charge in [0.2, 0.25) is 11.9 Å². The number of aliphatic imine (C=N–C) groups is 1. The van der Waals surface area contributed by atoms with Crippen molar-refractivity contribution in [2.45, 2.75) is 59.3 Å². The topological polar surface area (TPSA) is 70.5 Å². The van der Waals surface area contributed by atoms with Gasteiger partial charge in [0.25, 0.3) is 0 Å². The van der Waals surface area contributed by atoms with Crippen LogP contribution in [0.1, 0.15) is 64.9 Å². The Morgan fingerprint density at radius 3 is 2.61 bits per heavy atom.